The van der Waals surface area contributed by atoms with Gasteiger partial charge in [0.25, 0.3) is 0 Å². The number of Topliss-reactive ketones (excluding diaryl/α,β-unsaturated/α-hetero) is 1. The smallest absolute Gasteiger partial charge is 0.178 e. The Kier molecular flexibility index (Phi) is 7.23. The van der Waals surface area contributed by atoms with E-state index in [0.717, 1.165) is 40.7 Å². The van der Waals surface area contributed by atoms with Gasteiger partial charge >= 0.3 is 0 Å². The Labute approximate surface area is 208 Å². The molecule has 0 aliphatic rings. The molecule has 182 valence electrons. The Hall–Kier alpha value is -3.23. The third-order valence-corrected chi connectivity index (χ3v) is 7.30. The van der Waals surface area contributed by atoms with Gasteiger partial charge in [0, 0.05) is 17.9 Å². The molecule has 8 heteroatoms. The maximum atomic E-state index is 12.8. The molecule has 0 bridgehead atoms. The van der Waals surface area contributed by atoms with Crippen molar-refractivity contribution in [2.24, 2.45) is 0 Å². The summed E-state index contributed by atoms with van der Waals surface area (Å²) >= 11 is 0. The van der Waals surface area contributed by atoms with Gasteiger partial charge in [-0.05, 0) is 57.5 Å². The lowest BCUT2D eigenvalue weighted by atomic mass is 10.1. The Morgan fingerprint density at radius 2 is 1.86 bits per heavy atom. The van der Waals surface area contributed by atoms with Crippen LogP contribution in [0.4, 0.5) is 0 Å². The van der Waals surface area contributed by atoms with E-state index in [0.29, 0.717) is 11.5 Å². The SMILES string of the molecule is CCC[C@H](NS(=O)C(C)(C)C)c1cccc(-c2ccc3cnn(-c4cccc(C(C)=O)n4)c3c2)n1. The van der Waals surface area contributed by atoms with Crippen LogP contribution < -0.4 is 4.72 Å². The zero-order valence-corrected chi connectivity index (χ0v) is 21.6. The molecule has 0 aliphatic carbocycles. The van der Waals surface area contributed by atoms with Gasteiger partial charge in [-0.3, -0.25) is 9.78 Å². The largest absolute Gasteiger partial charge is 0.293 e. The minimum Gasteiger partial charge on any atom is -0.293 e. The van der Waals surface area contributed by atoms with Crippen LogP contribution >= 0.6 is 0 Å². The van der Waals surface area contributed by atoms with Crippen LogP contribution in [0.15, 0.2) is 60.8 Å². The molecule has 7 nitrogen and oxygen atoms in total. The van der Waals surface area contributed by atoms with Gasteiger partial charge in [0.2, 0.25) is 0 Å². The number of rotatable bonds is 8. The second-order valence-electron chi connectivity index (χ2n) is 9.56. The summed E-state index contributed by atoms with van der Waals surface area (Å²) in [5.41, 5.74) is 3.91. The number of nitrogens with one attached hydrogen (secondary N) is 1. The van der Waals surface area contributed by atoms with E-state index in [2.05, 4.69) is 21.7 Å². The van der Waals surface area contributed by atoms with E-state index in [1.165, 1.54) is 6.92 Å². The molecule has 0 saturated heterocycles. The van der Waals surface area contributed by atoms with Crippen molar-refractivity contribution in [3.8, 4) is 17.1 Å². The summed E-state index contributed by atoms with van der Waals surface area (Å²) in [6.45, 7) is 9.50. The van der Waals surface area contributed by atoms with E-state index in [1.54, 1.807) is 16.9 Å². The fourth-order valence-electron chi connectivity index (χ4n) is 3.77. The summed E-state index contributed by atoms with van der Waals surface area (Å²) in [5.74, 6) is 0.496. The molecule has 0 radical (unpaired) electrons. The standard InChI is InChI=1S/C27H31N5O2S/c1-6-9-24(31-35(34)27(3,4)5)23-12-7-11-22(29-23)19-14-15-20-17-28-32(25(20)16-19)26-13-8-10-21(30-26)18(2)33/h7-8,10-17,24,31H,6,9H2,1-5H3/t24-,35?/m0/s1. The highest BCUT2D eigenvalue weighted by atomic mass is 32.2. The van der Waals surface area contributed by atoms with Crippen LogP contribution in [0.3, 0.4) is 0 Å². The molecule has 1 unspecified atom stereocenters. The van der Waals surface area contributed by atoms with Gasteiger partial charge in [-0.1, -0.05) is 37.6 Å². The number of hydrogen-bond donors (Lipinski definition) is 1. The second kappa shape index (κ2) is 10.2. The van der Waals surface area contributed by atoms with Crippen LogP contribution in [0.2, 0.25) is 0 Å². The lowest BCUT2D eigenvalue weighted by molar-refractivity contribution is 0.101. The Morgan fingerprint density at radius 3 is 2.57 bits per heavy atom. The third kappa shape index (κ3) is 5.55. The van der Waals surface area contributed by atoms with Crippen LogP contribution in [0.25, 0.3) is 28.0 Å². The molecule has 0 amide bonds. The molecule has 35 heavy (non-hydrogen) atoms. The zero-order chi connectivity index (χ0) is 25.2. The average molecular weight is 490 g/mol. The number of pyridine rings is 2. The molecule has 0 spiro atoms. The highest BCUT2D eigenvalue weighted by Gasteiger charge is 2.24. The first-order valence-corrected chi connectivity index (χ1v) is 12.9. The molecular formula is C27H31N5O2S. The van der Waals surface area contributed by atoms with E-state index in [9.17, 15) is 9.00 Å². The number of fused-ring (bicyclic) bond motifs is 1. The summed E-state index contributed by atoms with van der Waals surface area (Å²) in [7, 11) is -1.20. The molecule has 3 heterocycles. The molecule has 0 saturated carbocycles. The summed E-state index contributed by atoms with van der Waals surface area (Å²) in [6.07, 6.45) is 3.57. The molecule has 4 aromatic rings. The first-order valence-electron chi connectivity index (χ1n) is 11.8. The molecule has 0 aliphatic heterocycles. The molecule has 3 aromatic heterocycles. The van der Waals surface area contributed by atoms with Gasteiger partial charge in [0.05, 0.1) is 44.9 Å². The van der Waals surface area contributed by atoms with Crippen molar-refractivity contribution in [1.82, 2.24) is 24.5 Å². The predicted molar refractivity (Wildman–Crippen MR) is 141 cm³/mol. The predicted octanol–water partition coefficient (Wildman–Crippen LogP) is 5.58. The van der Waals surface area contributed by atoms with E-state index >= 15 is 0 Å². The van der Waals surface area contributed by atoms with E-state index in [1.807, 2.05) is 69.3 Å². The normalized spacial score (nSPS) is 13.6. The summed E-state index contributed by atoms with van der Waals surface area (Å²) in [5, 5.41) is 5.47. The summed E-state index contributed by atoms with van der Waals surface area (Å²) in [4.78, 5) is 21.2. The number of ketones is 1. The van der Waals surface area contributed by atoms with E-state index in [4.69, 9.17) is 4.98 Å². The third-order valence-electron chi connectivity index (χ3n) is 5.69. The van der Waals surface area contributed by atoms with Crippen molar-refractivity contribution < 1.29 is 9.00 Å². The minimum absolute atomic E-state index is 0.0901. The highest BCUT2D eigenvalue weighted by Crippen LogP contribution is 2.27. The van der Waals surface area contributed by atoms with Crippen LogP contribution in [0.5, 0.6) is 0 Å². The van der Waals surface area contributed by atoms with E-state index < -0.39 is 11.0 Å². The molecular weight excluding hydrogens is 458 g/mol. The highest BCUT2D eigenvalue weighted by molar-refractivity contribution is 7.84. The van der Waals surface area contributed by atoms with Gasteiger partial charge in [0.1, 0.15) is 5.69 Å². The first-order chi connectivity index (χ1) is 16.7. The van der Waals surface area contributed by atoms with Crippen molar-refractivity contribution >= 4 is 27.7 Å². The molecule has 1 aromatic carbocycles. The van der Waals surface area contributed by atoms with Gasteiger partial charge in [-0.2, -0.15) is 5.10 Å². The lowest BCUT2D eigenvalue weighted by Crippen LogP contribution is -2.36. The summed E-state index contributed by atoms with van der Waals surface area (Å²) in [6, 6.07) is 17.3. The second-order valence-corrected chi connectivity index (χ2v) is 11.6. The number of hydrogen-bond acceptors (Lipinski definition) is 5. The van der Waals surface area contributed by atoms with Gasteiger partial charge in [-0.25, -0.2) is 18.6 Å². The van der Waals surface area contributed by atoms with Crippen molar-refractivity contribution in [3.63, 3.8) is 0 Å². The molecule has 0 fully saturated rings. The van der Waals surface area contributed by atoms with Crippen molar-refractivity contribution in [1.29, 1.82) is 0 Å². The van der Waals surface area contributed by atoms with Gasteiger partial charge in [-0.15, -0.1) is 0 Å². The minimum atomic E-state index is -1.20. The fraction of sp³-hybridized carbons (Fsp3) is 0.333. The van der Waals surface area contributed by atoms with Crippen LogP contribution in [0, 0.1) is 0 Å². The van der Waals surface area contributed by atoms with Gasteiger partial charge < -0.3 is 0 Å². The van der Waals surface area contributed by atoms with Crippen LogP contribution in [-0.2, 0) is 11.0 Å². The lowest BCUT2D eigenvalue weighted by Gasteiger charge is -2.24. The maximum absolute atomic E-state index is 12.8. The zero-order valence-electron chi connectivity index (χ0n) is 20.8. The number of nitrogens with zero attached hydrogens (tertiary/aromatic N) is 4. The van der Waals surface area contributed by atoms with Crippen molar-refractivity contribution in [2.45, 2.75) is 58.2 Å². The Bertz CT molecular complexity index is 1390. The number of benzene rings is 1. The van der Waals surface area contributed by atoms with Gasteiger partial charge in [0.15, 0.2) is 11.6 Å². The van der Waals surface area contributed by atoms with E-state index in [-0.39, 0.29) is 16.6 Å². The quantitative estimate of drug-likeness (QED) is 0.326. The van der Waals surface area contributed by atoms with Crippen LogP contribution in [-0.4, -0.2) is 34.5 Å². The average Bonchev–Trinajstić information content (AvgIpc) is 3.26. The maximum Gasteiger partial charge on any atom is 0.178 e. The monoisotopic (exact) mass is 489 g/mol. The Morgan fingerprint density at radius 1 is 1.09 bits per heavy atom. The molecule has 2 atom stereocenters. The fourth-order valence-corrected chi connectivity index (χ4v) is 4.62. The number of carbonyl (C=O) groups is 1. The first kappa shape index (κ1) is 24.9. The topological polar surface area (TPSA) is 89.8 Å². The Balaban J connectivity index is 1.71. The number of carbonyl (C=O) groups excluding carboxylic acids is 1. The summed E-state index contributed by atoms with van der Waals surface area (Å²) < 4.78 is 17.4. The van der Waals surface area contributed by atoms with Crippen molar-refractivity contribution in [2.75, 3.05) is 0 Å². The van der Waals surface area contributed by atoms with Crippen LogP contribution in [0.1, 0.15) is 69.7 Å². The molecule has 4 rings (SSSR count). The molecule has 1 N–H and O–H groups in total. The number of aromatic nitrogens is 4. The van der Waals surface area contributed by atoms with Crippen molar-refractivity contribution in [3.05, 3.63) is 72.2 Å².